The second kappa shape index (κ2) is 9.35. The maximum atomic E-state index is 12.5. The van der Waals surface area contributed by atoms with Crippen molar-refractivity contribution >= 4 is 16.8 Å². The lowest BCUT2D eigenvalue weighted by atomic mass is 9.97. The Morgan fingerprint density at radius 2 is 2.00 bits per heavy atom. The van der Waals surface area contributed by atoms with E-state index in [4.69, 9.17) is 4.74 Å². The van der Waals surface area contributed by atoms with E-state index in [1.165, 1.54) is 0 Å². The van der Waals surface area contributed by atoms with Gasteiger partial charge in [-0.15, -0.1) is 0 Å². The molecule has 0 radical (unpaired) electrons. The molecule has 1 amide bonds. The number of carbonyl (C=O) groups is 1. The molecule has 1 N–H and O–H groups in total. The topological polar surface area (TPSA) is 69.0 Å². The molecule has 2 aromatic heterocycles. The number of nitrogens with one attached hydrogen (secondary N) is 1. The first-order valence-corrected chi connectivity index (χ1v) is 9.91. The molecule has 0 saturated carbocycles. The van der Waals surface area contributed by atoms with E-state index in [1.807, 2.05) is 35.1 Å². The normalized spacial score (nSPS) is 11.1. The summed E-state index contributed by atoms with van der Waals surface area (Å²) in [5, 5.41) is 8.60. The third kappa shape index (κ3) is 4.32. The second-order valence-electron chi connectivity index (χ2n) is 6.97. The third-order valence-corrected chi connectivity index (χ3v) is 4.92. The molecule has 0 aliphatic carbocycles. The molecule has 1 aromatic carbocycles. The van der Waals surface area contributed by atoms with Crippen molar-refractivity contribution in [3.8, 4) is 11.6 Å². The summed E-state index contributed by atoms with van der Waals surface area (Å²) < 4.78 is 7.17. The molecule has 148 valence electrons. The Bertz CT molecular complexity index is 929. The van der Waals surface area contributed by atoms with Crippen LogP contribution in [0.1, 0.15) is 45.1 Å². The minimum Gasteiger partial charge on any atom is -0.479 e. The lowest BCUT2D eigenvalue weighted by molar-refractivity contribution is -0.125. The summed E-state index contributed by atoms with van der Waals surface area (Å²) in [4.78, 5) is 16.7. The fourth-order valence-electron chi connectivity index (χ4n) is 3.52. The average Bonchev–Trinajstić information content (AvgIpc) is 3.14. The minimum atomic E-state index is 0.111. The van der Waals surface area contributed by atoms with Crippen LogP contribution in [-0.4, -0.2) is 27.8 Å². The number of hydrogen-bond acceptors (Lipinski definition) is 4. The van der Waals surface area contributed by atoms with E-state index in [9.17, 15) is 4.79 Å². The Kier molecular flexibility index (Phi) is 6.63. The van der Waals surface area contributed by atoms with E-state index in [0.29, 0.717) is 12.4 Å². The van der Waals surface area contributed by atoms with E-state index in [-0.39, 0.29) is 11.8 Å². The number of pyridine rings is 1. The van der Waals surface area contributed by atoms with Crippen LogP contribution in [0, 0.1) is 5.92 Å². The van der Waals surface area contributed by atoms with Crippen molar-refractivity contribution in [1.82, 2.24) is 20.1 Å². The third-order valence-electron chi connectivity index (χ3n) is 4.92. The van der Waals surface area contributed by atoms with Crippen LogP contribution in [-0.2, 0) is 11.3 Å². The number of amides is 1. The maximum absolute atomic E-state index is 12.5. The van der Waals surface area contributed by atoms with Crippen LogP contribution in [0.3, 0.4) is 0 Å². The van der Waals surface area contributed by atoms with Crippen LogP contribution < -0.4 is 10.1 Å². The number of aromatic nitrogens is 3. The molecule has 0 atom stereocenters. The van der Waals surface area contributed by atoms with Gasteiger partial charge in [-0.25, -0.2) is 9.67 Å². The highest BCUT2D eigenvalue weighted by molar-refractivity contribution is 5.82. The molecular formula is C22H28N4O2. The number of nitrogens with zero attached hydrogens (tertiary/aromatic N) is 3. The van der Waals surface area contributed by atoms with Crippen molar-refractivity contribution in [2.45, 2.75) is 46.1 Å². The number of carbonyl (C=O) groups excluding carboxylic acids is 1. The monoisotopic (exact) mass is 380 g/mol. The van der Waals surface area contributed by atoms with Crippen molar-refractivity contribution in [3.63, 3.8) is 0 Å². The Labute approximate surface area is 165 Å². The number of fused-ring (bicyclic) bond motifs is 1. The van der Waals surface area contributed by atoms with Crippen molar-refractivity contribution < 1.29 is 9.53 Å². The van der Waals surface area contributed by atoms with Crippen LogP contribution in [0.5, 0.6) is 5.88 Å². The summed E-state index contributed by atoms with van der Waals surface area (Å²) in [6.45, 7) is 4.78. The SMILES string of the molecule is CCCC(CCC)C(=O)NCc1ccc2c(cnn2-c2cccnc2OC)c1. The van der Waals surface area contributed by atoms with Gasteiger partial charge in [-0.05, 0) is 42.7 Å². The zero-order chi connectivity index (χ0) is 19.9. The van der Waals surface area contributed by atoms with Gasteiger partial charge in [-0.3, -0.25) is 4.79 Å². The highest BCUT2D eigenvalue weighted by Gasteiger charge is 2.16. The minimum absolute atomic E-state index is 0.111. The molecule has 0 spiro atoms. The first kappa shape index (κ1) is 19.9. The summed E-state index contributed by atoms with van der Waals surface area (Å²) in [6, 6.07) is 9.90. The Morgan fingerprint density at radius 3 is 2.71 bits per heavy atom. The van der Waals surface area contributed by atoms with Crippen LogP contribution in [0.2, 0.25) is 0 Å². The average molecular weight is 380 g/mol. The summed E-state index contributed by atoms with van der Waals surface area (Å²) in [5.74, 6) is 0.792. The van der Waals surface area contributed by atoms with E-state index in [0.717, 1.165) is 47.8 Å². The number of ether oxygens (including phenoxy) is 1. The lowest BCUT2D eigenvalue weighted by Crippen LogP contribution is -2.30. The zero-order valence-corrected chi connectivity index (χ0v) is 16.8. The molecule has 0 bridgehead atoms. The number of benzene rings is 1. The summed E-state index contributed by atoms with van der Waals surface area (Å²) >= 11 is 0. The Morgan fingerprint density at radius 1 is 1.21 bits per heavy atom. The molecule has 3 aromatic rings. The van der Waals surface area contributed by atoms with Crippen LogP contribution in [0.4, 0.5) is 0 Å². The molecule has 0 saturated heterocycles. The first-order chi connectivity index (χ1) is 13.7. The number of rotatable bonds is 9. The highest BCUT2D eigenvalue weighted by atomic mass is 16.5. The fourth-order valence-corrected chi connectivity index (χ4v) is 3.52. The van der Waals surface area contributed by atoms with Gasteiger partial charge in [-0.1, -0.05) is 32.8 Å². The smallest absolute Gasteiger partial charge is 0.239 e. The van der Waals surface area contributed by atoms with E-state index in [2.05, 4.69) is 35.3 Å². The predicted octanol–water partition coefficient (Wildman–Crippen LogP) is 4.26. The second-order valence-corrected chi connectivity index (χ2v) is 6.97. The molecule has 0 unspecified atom stereocenters. The van der Waals surface area contributed by atoms with Gasteiger partial charge in [0.2, 0.25) is 11.8 Å². The molecule has 0 fully saturated rings. The molecule has 3 rings (SSSR count). The van der Waals surface area contributed by atoms with E-state index < -0.39 is 0 Å². The zero-order valence-electron chi connectivity index (χ0n) is 16.8. The summed E-state index contributed by atoms with van der Waals surface area (Å²) in [7, 11) is 1.60. The van der Waals surface area contributed by atoms with Crippen LogP contribution in [0.25, 0.3) is 16.6 Å². The number of hydrogen-bond donors (Lipinski definition) is 1. The van der Waals surface area contributed by atoms with Gasteiger partial charge >= 0.3 is 0 Å². The molecule has 2 heterocycles. The van der Waals surface area contributed by atoms with Crippen LogP contribution >= 0.6 is 0 Å². The maximum Gasteiger partial charge on any atom is 0.239 e. The molecular weight excluding hydrogens is 352 g/mol. The molecule has 0 aliphatic heterocycles. The van der Waals surface area contributed by atoms with E-state index >= 15 is 0 Å². The van der Waals surface area contributed by atoms with Crippen molar-refractivity contribution in [2.75, 3.05) is 7.11 Å². The van der Waals surface area contributed by atoms with Gasteiger partial charge in [-0.2, -0.15) is 5.10 Å². The van der Waals surface area contributed by atoms with Crippen molar-refractivity contribution in [3.05, 3.63) is 48.3 Å². The predicted molar refractivity (Wildman–Crippen MR) is 111 cm³/mol. The molecule has 6 nitrogen and oxygen atoms in total. The van der Waals surface area contributed by atoms with Crippen molar-refractivity contribution in [1.29, 1.82) is 0 Å². The highest BCUT2D eigenvalue weighted by Crippen LogP contribution is 2.24. The van der Waals surface area contributed by atoms with Gasteiger partial charge in [0.05, 0.1) is 18.8 Å². The quantitative estimate of drug-likeness (QED) is 0.602. The Balaban J connectivity index is 1.76. The molecule has 6 heteroatoms. The summed E-state index contributed by atoms with van der Waals surface area (Å²) in [6.07, 6.45) is 7.46. The largest absolute Gasteiger partial charge is 0.479 e. The molecule has 0 aliphatic rings. The van der Waals surface area contributed by atoms with Gasteiger partial charge in [0.15, 0.2) is 0 Å². The molecule has 28 heavy (non-hydrogen) atoms. The van der Waals surface area contributed by atoms with Gasteiger partial charge in [0.25, 0.3) is 0 Å². The summed E-state index contributed by atoms with van der Waals surface area (Å²) in [5.41, 5.74) is 2.82. The first-order valence-electron chi connectivity index (χ1n) is 9.91. The standard InChI is InChI=1S/C22H28N4O2/c1-4-7-17(8-5-2)21(27)24-14-16-10-11-19-18(13-16)15-25-26(19)20-9-6-12-23-22(20)28-3/h6,9-13,15,17H,4-5,7-8,14H2,1-3H3,(H,24,27). The fraction of sp³-hybridized carbons (Fsp3) is 0.409. The lowest BCUT2D eigenvalue weighted by Gasteiger charge is -2.15. The van der Waals surface area contributed by atoms with Gasteiger partial charge in [0.1, 0.15) is 5.69 Å². The Hall–Kier alpha value is -2.89. The van der Waals surface area contributed by atoms with Crippen molar-refractivity contribution in [2.24, 2.45) is 5.92 Å². The number of methoxy groups -OCH3 is 1. The van der Waals surface area contributed by atoms with Crippen LogP contribution in [0.15, 0.2) is 42.7 Å². The van der Waals surface area contributed by atoms with E-state index in [1.54, 1.807) is 13.3 Å². The van der Waals surface area contributed by atoms with Gasteiger partial charge in [0, 0.05) is 24.0 Å². The van der Waals surface area contributed by atoms with Gasteiger partial charge < -0.3 is 10.1 Å².